The third-order valence-electron chi connectivity index (χ3n) is 2.60. The zero-order valence-electron chi connectivity index (χ0n) is 10.9. The van der Waals surface area contributed by atoms with Crippen LogP contribution in [-0.4, -0.2) is 32.0 Å². The number of hydrogen-bond acceptors (Lipinski definition) is 5. The van der Waals surface area contributed by atoms with E-state index in [0.717, 1.165) is 6.07 Å². The van der Waals surface area contributed by atoms with Crippen molar-refractivity contribution < 1.29 is 22.7 Å². The van der Waals surface area contributed by atoms with Crippen molar-refractivity contribution in [1.29, 1.82) is 0 Å². The predicted octanol–water partition coefficient (Wildman–Crippen LogP) is -0.589. The molecule has 1 heterocycles. The topological polar surface area (TPSA) is 113 Å². The van der Waals surface area contributed by atoms with Crippen LogP contribution >= 0.6 is 0 Å². The van der Waals surface area contributed by atoms with E-state index < -0.39 is 46.0 Å². The van der Waals surface area contributed by atoms with E-state index >= 15 is 0 Å². The molecule has 112 valence electrons. The number of hydrogen-bond donors (Lipinski definition) is 3. The van der Waals surface area contributed by atoms with Gasteiger partial charge in [0, 0.05) is 0 Å². The van der Waals surface area contributed by atoms with Crippen LogP contribution in [0, 0.1) is 17.7 Å². The molecule has 1 atom stereocenters. The molecule has 2 rings (SSSR count). The summed E-state index contributed by atoms with van der Waals surface area (Å²) in [5.41, 5.74) is 4.68. The molecule has 0 radical (unpaired) electrons. The summed E-state index contributed by atoms with van der Waals surface area (Å²) in [5, 5.41) is 9.71. The van der Waals surface area contributed by atoms with Crippen molar-refractivity contribution >= 4 is 21.8 Å². The first-order chi connectivity index (χ1) is 9.72. The van der Waals surface area contributed by atoms with Crippen LogP contribution in [0.15, 0.2) is 12.1 Å². The molecule has 0 unspecified atom stereocenters. The van der Waals surface area contributed by atoms with Gasteiger partial charge in [-0.05, 0) is 19.1 Å². The Hall–Kier alpha value is -2.31. The third kappa shape index (κ3) is 2.91. The monoisotopic (exact) mass is 313 g/mol. The van der Waals surface area contributed by atoms with Gasteiger partial charge in [0.25, 0.3) is 5.91 Å². The summed E-state index contributed by atoms with van der Waals surface area (Å²) in [6, 6.07) is 1.80. The maximum atomic E-state index is 14.4. The summed E-state index contributed by atoms with van der Waals surface area (Å²) < 4.78 is 39.9. The molecule has 0 aromatic heterocycles. The van der Waals surface area contributed by atoms with Crippen LogP contribution in [0.3, 0.4) is 0 Å². The normalized spacial score (nSPS) is 17.9. The minimum Gasteiger partial charge on any atom is -0.506 e. The third-order valence-corrected chi connectivity index (χ3v) is 3.98. The largest absolute Gasteiger partial charge is 0.506 e. The summed E-state index contributed by atoms with van der Waals surface area (Å²) in [6.45, 7) is 0.983. The van der Waals surface area contributed by atoms with Crippen LogP contribution in [0.2, 0.25) is 0 Å². The molecule has 1 aromatic rings. The van der Waals surface area contributed by atoms with E-state index in [-0.39, 0.29) is 5.56 Å². The highest BCUT2D eigenvalue weighted by molar-refractivity contribution is 7.92. The van der Waals surface area contributed by atoms with Gasteiger partial charge in [-0.25, -0.2) is 13.4 Å². The Morgan fingerprint density at radius 3 is 2.71 bits per heavy atom. The molecule has 1 aliphatic rings. The zero-order valence-corrected chi connectivity index (χ0v) is 11.7. The number of nitrogens with zero attached hydrogens (tertiary/aromatic N) is 1. The molecule has 0 spiro atoms. The van der Waals surface area contributed by atoms with Gasteiger partial charge in [0.2, 0.25) is 0 Å². The van der Waals surface area contributed by atoms with Crippen molar-refractivity contribution in [3.05, 3.63) is 23.5 Å². The smallest absolute Gasteiger partial charge is 0.326 e. The molecule has 1 aliphatic heterocycles. The van der Waals surface area contributed by atoms with Crippen molar-refractivity contribution in [2.75, 3.05) is 10.8 Å². The van der Waals surface area contributed by atoms with Crippen LogP contribution in [0.1, 0.15) is 12.5 Å². The number of nitrogens with one attached hydrogen (secondary N) is 1. The Bertz CT molecular complexity index is 765. The maximum Gasteiger partial charge on any atom is 0.326 e. The summed E-state index contributed by atoms with van der Waals surface area (Å²) >= 11 is 0. The Morgan fingerprint density at radius 1 is 1.52 bits per heavy atom. The van der Waals surface area contributed by atoms with E-state index in [1.807, 2.05) is 0 Å². The SMILES string of the molecule is C[C@@H](N)C#Cc1ccc(O)c(N2CC(=O)NS2(=O)=O)c1F. The van der Waals surface area contributed by atoms with Gasteiger partial charge in [0.05, 0.1) is 11.6 Å². The average molecular weight is 313 g/mol. The fourth-order valence-corrected chi connectivity index (χ4v) is 2.89. The minimum atomic E-state index is -4.22. The van der Waals surface area contributed by atoms with Crippen LogP contribution in [0.25, 0.3) is 0 Å². The van der Waals surface area contributed by atoms with Crippen molar-refractivity contribution in [2.24, 2.45) is 5.73 Å². The summed E-state index contributed by atoms with van der Waals surface area (Å²) in [4.78, 5) is 11.2. The fraction of sp³-hybridized carbons (Fsp3) is 0.250. The number of phenolic OH excluding ortho intramolecular Hbond substituents is 1. The van der Waals surface area contributed by atoms with Crippen LogP contribution in [0.5, 0.6) is 5.75 Å². The highest BCUT2D eigenvalue weighted by Gasteiger charge is 2.37. The highest BCUT2D eigenvalue weighted by atomic mass is 32.2. The number of benzene rings is 1. The van der Waals surface area contributed by atoms with E-state index in [2.05, 4.69) is 11.8 Å². The molecule has 9 heteroatoms. The molecule has 7 nitrogen and oxygen atoms in total. The van der Waals surface area contributed by atoms with E-state index in [9.17, 15) is 22.7 Å². The van der Waals surface area contributed by atoms with Gasteiger partial charge >= 0.3 is 10.2 Å². The second-order valence-electron chi connectivity index (χ2n) is 4.39. The molecule has 21 heavy (non-hydrogen) atoms. The van der Waals surface area contributed by atoms with Crippen LogP contribution in [0.4, 0.5) is 10.1 Å². The van der Waals surface area contributed by atoms with Crippen LogP contribution in [-0.2, 0) is 15.0 Å². The number of carbonyl (C=O) groups is 1. The summed E-state index contributed by atoms with van der Waals surface area (Å²) in [7, 11) is -4.22. The van der Waals surface area contributed by atoms with Crippen molar-refractivity contribution in [3.8, 4) is 17.6 Å². The number of phenols is 1. The highest BCUT2D eigenvalue weighted by Crippen LogP contribution is 2.34. The van der Waals surface area contributed by atoms with Gasteiger partial charge < -0.3 is 10.8 Å². The molecule has 4 N–H and O–H groups in total. The standard InChI is InChI=1S/C12H12FN3O4S/c1-7(14)2-3-8-4-5-9(17)12(11(8)13)16-6-10(18)15-21(16,19)20/h4-5,7,17H,6,14H2,1H3,(H,15,18)/t7-/m1/s1. The van der Waals surface area contributed by atoms with E-state index in [1.165, 1.54) is 6.07 Å². The van der Waals surface area contributed by atoms with Crippen molar-refractivity contribution in [3.63, 3.8) is 0 Å². The van der Waals surface area contributed by atoms with Gasteiger partial charge in [-0.15, -0.1) is 0 Å². The molecular weight excluding hydrogens is 301 g/mol. The zero-order chi connectivity index (χ0) is 15.8. The molecule has 1 amide bonds. The molecular formula is C12H12FN3O4S. The quantitative estimate of drug-likeness (QED) is 0.600. The molecule has 0 aliphatic carbocycles. The maximum absolute atomic E-state index is 14.4. The second kappa shape index (κ2) is 5.23. The molecule has 0 bridgehead atoms. The van der Waals surface area contributed by atoms with Gasteiger partial charge in [-0.3, -0.25) is 4.79 Å². The lowest BCUT2D eigenvalue weighted by Gasteiger charge is -2.17. The molecule has 1 saturated heterocycles. The van der Waals surface area contributed by atoms with Crippen molar-refractivity contribution in [2.45, 2.75) is 13.0 Å². The average Bonchev–Trinajstić information content (AvgIpc) is 2.61. The van der Waals surface area contributed by atoms with Crippen molar-refractivity contribution in [1.82, 2.24) is 4.72 Å². The van der Waals surface area contributed by atoms with Crippen LogP contribution < -0.4 is 14.8 Å². The number of carbonyl (C=O) groups excluding carboxylic acids is 1. The molecule has 1 fully saturated rings. The lowest BCUT2D eigenvalue weighted by atomic mass is 10.1. The first kappa shape index (κ1) is 15.1. The number of halogens is 1. The van der Waals surface area contributed by atoms with Gasteiger partial charge in [0.1, 0.15) is 18.0 Å². The van der Waals surface area contributed by atoms with Gasteiger partial charge in [-0.2, -0.15) is 8.42 Å². The van der Waals surface area contributed by atoms with Gasteiger partial charge in [-0.1, -0.05) is 11.8 Å². The number of nitrogens with two attached hydrogens (primary N) is 1. The molecule has 0 saturated carbocycles. The lowest BCUT2D eigenvalue weighted by Crippen LogP contribution is -2.30. The first-order valence-electron chi connectivity index (χ1n) is 5.84. The summed E-state index contributed by atoms with van der Waals surface area (Å²) in [5.74, 6) is 2.51. The van der Waals surface area contributed by atoms with E-state index in [1.54, 1.807) is 11.6 Å². The Kier molecular flexibility index (Phi) is 3.76. The number of rotatable bonds is 1. The summed E-state index contributed by atoms with van der Waals surface area (Å²) in [6.07, 6.45) is 0. The second-order valence-corrected chi connectivity index (χ2v) is 5.98. The lowest BCUT2D eigenvalue weighted by molar-refractivity contribution is -0.117. The molecule has 1 aromatic carbocycles. The van der Waals surface area contributed by atoms with E-state index in [0.29, 0.717) is 4.31 Å². The number of amides is 1. The van der Waals surface area contributed by atoms with Gasteiger partial charge in [0.15, 0.2) is 5.82 Å². The Morgan fingerprint density at radius 2 is 2.19 bits per heavy atom. The predicted molar refractivity (Wildman–Crippen MR) is 73.0 cm³/mol. The minimum absolute atomic E-state index is 0.130. The fourth-order valence-electron chi connectivity index (χ4n) is 1.73. The van der Waals surface area contributed by atoms with E-state index in [4.69, 9.17) is 5.73 Å². The Labute approximate surface area is 120 Å². The number of anilines is 1. The number of aromatic hydroxyl groups is 1. The Balaban J connectivity index is 2.58. The first-order valence-corrected chi connectivity index (χ1v) is 7.28.